The van der Waals surface area contributed by atoms with Gasteiger partial charge in [-0.05, 0) is 7.05 Å². The Morgan fingerprint density at radius 3 is 3.00 bits per heavy atom. The van der Waals surface area contributed by atoms with Crippen molar-refractivity contribution in [1.82, 2.24) is 15.5 Å². The van der Waals surface area contributed by atoms with Gasteiger partial charge in [0.05, 0.1) is 19.3 Å². The number of ether oxygens (including phenoxy) is 1. The molecule has 1 aliphatic rings. The molecule has 1 amide bonds. The predicted octanol–water partition coefficient (Wildman–Crippen LogP) is -1.35. The van der Waals surface area contributed by atoms with Gasteiger partial charge in [0.2, 0.25) is 5.91 Å². The molecule has 5 nitrogen and oxygen atoms in total. The first-order valence-electron chi connectivity index (χ1n) is 4.95. The van der Waals surface area contributed by atoms with Crippen LogP contribution in [0.1, 0.15) is 0 Å². The molecule has 5 heteroatoms. The van der Waals surface area contributed by atoms with E-state index >= 15 is 0 Å². The smallest absolute Gasteiger partial charge is 0.233 e. The van der Waals surface area contributed by atoms with Crippen LogP contribution in [0.15, 0.2) is 0 Å². The molecular weight excluding hydrogens is 182 g/mol. The van der Waals surface area contributed by atoms with Crippen molar-refractivity contribution < 1.29 is 9.53 Å². The zero-order valence-corrected chi connectivity index (χ0v) is 8.88. The van der Waals surface area contributed by atoms with E-state index in [9.17, 15) is 4.79 Å². The summed E-state index contributed by atoms with van der Waals surface area (Å²) in [5.41, 5.74) is 0. The number of hydrogen-bond donors (Lipinski definition) is 2. The van der Waals surface area contributed by atoms with Gasteiger partial charge in [0.15, 0.2) is 0 Å². The SMILES string of the molecule is CNCC1CN(CC(=O)NC)CCO1. The fourth-order valence-corrected chi connectivity index (χ4v) is 1.56. The predicted molar refractivity (Wildman–Crippen MR) is 54.2 cm³/mol. The first-order valence-corrected chi connectivity index (χ1v) is 4.95. The molecule has 14 heavy (non-hydrogen) atoms. The molecule has 1 fully saturated rings. The number of nitrogens with one attached hydrogen (secondary N) is 2. The van der Waals surface area contributed by atoms with E-state index in [0.29, 0.717) is 13.2 Å². The summed E-state index contributed by atoms with van der Waals surface area (Å²) in [7, 11) is 3.56. The molecule has 0 aliphatic carbocycles. The quantitative estimate of drug-likeness (QED) is 0.591. The van der Waals surface area contributed by atoms with E-state index in [1.165, 1.54) is 0 Å². The zero-order valence-electron chi connectivity index (χ0n) is 8.88. The molecule has 0 aromatic carbocycles. The lowest BCUT2D eigenvalue weighted by Gasteiger charge is -2.32. The van der Waals surface area contributed by atoms with E-state index in [1.54, 1.807) is 7.05 Å². The minimum Gasteiger partial charge on any atom is -0.374 e. The summed E-state index contributed by atoms with van der Waals surface area (Å²) in [6.07, 6.45) is 0.207. The molecule has 0 saturated carbocycles. The summed E-state index contributed by atoms with van der Waals surface area (Å²) in [4.78, 5) is 13.3. The van der Waals surface area contributed by atoms with Crippen LogP contribution in [0.3, 0.4) is 0 Å². The number of amides is 1. The van der Waals surface area contributed by atoms with E-state index < -0.39 is 0 Å². The second-order valence-electron chi connectivity index (χ2n) is 3.46. The first-order chi connectivity index (χ1) is 6.76. The number of carbonyl (C=O) groups excluding carboxylic acids is 1. The van der Waals surface area contributed by atoms with Gasteiger partial charge in [0.25, 0.3) is 0 Å². The van der Waals surface area contributed by atoms with Gasteiger partial charge in [0.1, 0.15) is 0 Å². The highest BCUT2D eigenvalue weighted by Crippen LogP contribution is 2.03. The van der Waals surface area contributed by atoms with Crippen molar-refractivity contribution in [3.8, 4) is 0 Å². The molecule has 1 unspecified atom stereocenters. The largest absolute Gasteiger partial charge is 0.374 e. The van der Waals surface area contributed by atoms with E-state index in [1.807, 2.05) is 7.05 Å². The topological polar surface area (TPSA) is 53.6 Å². The van der Waals surface area contributed by atoms with Crippen molar-refractivity contribution in [2.45, 2.75) is 6.10 Å². The van der Waals surface area contributed by atoms with Crippen LogP contribution in [-0.4, -0.2) is 63.8 Å². The molecule has 1 saturated heterocycles. The lowest BCUT2D eigenvalue weighted by atomic mass is 10.2. The third kappa shape index (κ3) is 3.61. The van der Waals surface area contributed by atoms with Crippen LogP contribution in [0, 0.1) is 0 Å². The fraction of sp³-hybridized carbons (Fsp3) is 0.889. The van der Waals surface area contributed by atoms with Crippen molar-refractivity contribution in [2.24, 2.45) is 0 Å². The maximum absolute atomic E-state index is 11.1. The van der Waals surface area contributed by atoms with Crippen LogP contribution in [0.4, 0.5) is 0 Å². The number of likely N-dealkylation sites (N-methyl/N-ethyl adjacent to an activating group) is 2. The Balaban J connectivity index is 2.28. The summed E-state index contributed by atoms with van der Waals surface area (Å²) in [6.45, 7) is 3.69. The molecule has 1 heterocycles. The van der Waals surface area contributed by atoms with Gasteiger partial charge in [-0.1, -0.05) is 0 Å². The van der Waals surface area contributed by atoms with Crippen LogP contribution < -0.4 is 10.6 Å². The maximum atomic E-state index is 11.1. The number of nitrogens with zero attached hydrogens (tertiary/aromatic N) is 1. The van der Waals surface area contributed by atoms with Gasteiger partial charge in [-0.2, -0.15) is 0 Å². The van der Waals surface area contributed by atoms with Crippen LogP contribution in [0.2, 0.25) is 0 Å². The van der Waals surface area contributed by atoms with Gasteiger partial charge >= 0.3 is 0 Å². The number of morpholine rings is 1. The summed E-state index contributed by atoms with van der Waals surface area (Å²) < 4.78 is 5.53. The standard InChI is InChI=1S/C9H19N3O2/c1-10-5-8-6-12(3-4-14-8)7-9(13)11-2/h8,10H,3-7H2,1-2H3,(H,11,13). The van der Waals surface area contributed by atoms with Crippen LogP contribution in [-0.2, 0) is 9.53 Å². The average Bonchev–Trinajstić information content (AvgIpc) is 2.19. The molecular formula is C9H19N3O2. The van der Waals surface area contributed by atoms with E-state index in [4.69, 9.17) is 4.74 Å². The summed E-state index contributed by atoms with van der Waals surface area (Å²) in [5.74, 6) is 0.0649. The normalized spacial score (nSPS) is 23.4. The Labute approximate surface area is 84.8 Å². The second-order valence-corrected chi connectivity index (χ2v) is 3.46. The number of carbonyl (C=O) groups is 1. The zero-order chi connectivity index (χ0) is 10.4. The van der Waals surface area contributed by atoms with Crippen LogP contribution >= 0.6 is 0 Å². The van der Waals surface area contributed by atoms with Crippen LogP contribution in [0.5, 0.6) is 0 Å². The molecule has 0 spiro atoms. The van der Waals surface area contributed by atoms with E-state index in [-0.39, 0.29) is 12.0 Å². The number of rotatable bonds is 4. The minimum atomic E-state index is 0.0649. The fourth-order valence-electron chi connectivity index (χ4n) is 1.56. The Hall–Kier alpha value is -0.650. The van der Waals surface area contributed by atoms with Gasteiger partial charge in [-0.15, -0.1) is 0 Å². The van der Waals surface area contributed by atoms with Crippen molar-refractivity contribution >= 4 is 5.91 Å². The summed E-state index contributed by atoms with van der Waals surface area (Å²) in [6, 6.07) is 0. The van der Waals surface area contributed by atoms with Gasteiger partial charge in [-0.3, -0.25) is 9.69 Å². The molecule has 1 atom stereocenters. The van der Waals surface area contributed by atoms with Gasteiger partial charge in [0, 0.05) is 26.7 Å². The average molecular weight is 201 g/mol. The second kappa shape index (κ2) is 5.95. The molecule has 1 rings (SSSR count). The van der Waals surface area contributed by atoms with Gasteiger partial charge < -0.3 is 15.4 Å². The number of hydrogen-bond acceptors (Lipinski definition) is 4. The highest BCUT2D eigenvalue weighted by Gasteiger charge is 2.20. The highest BCUT2D eigenvalue weighted by atomic mass is 16.5. The lowest BCUT2D eigenvalue weighted by molar-refractivity contribution is -0.123. The molecule has 0 bridgehead atoms. The molecule has 1 aliphatic heterocycles. The van der Waals surface area contributed by atoms with Crippen molar-refractivity contribution in [2.75, 3.05) is 46.9 Å². The van der Waals surface area contributed by atoms with Crippen molar-refractivity contribution in [3.63, 3.8) is 0 Å². The van der Waals surface area contributed by atoms with E-state index in [0.717, 1.165) is 19.6 Å². The Bertz CT molecular complexity index is 185. The van der Waals surface area contributed by atoms with Crippen molar-refractivity contribution in [1.29, 1.82) is 0 Å². The lowest BCUT2D eigenvalue weighted by Crippen LogP contribution is -2.49. The highest BCUT2D eigenvalue weighted by molar-refractivity contribution is 5.77. The summed E-state index contributed by atoms with van der Waals surface area (Å²) in [5, 5.41) is 5.70. The van der Waals surface area contributed by atoms with Crippen molar-refractivity contribution in [3.05, 3.63) is 0 Å². The molecule has 82 valence electrons. The Morgan fingerprint density at radius 1 is 1.57 bits per heavy atom. The Morgan fingerprint density at radius 2 is 2.36 bits per heavy atom. The third-order valence-electron chi connectivity index (χ3n) is 2.30. The Kier molecular flexibility index (Phi) is 4.86. The third-order valence-corrected chi connectivity index (χ3v) is 2.30. The van der Waals surface area contributed by atoms with Gasteiger partial charge in [-0.25, -0.2) is 0 Å². The molecule has 0 aromatic rings. The first kappa shape index (κ1) is 11.4. The molecule has 0 aromatic heterocycles. The molecule has 2 N–H and O–H groups in total. The molecule has 0 radical (unpaired) electrons. The monoisotopic (exact) mass is 201 g/mol. The van der Waals surface area contributed by atoms with Crippen LogP contribution in [0.25, 0.3) is 0 Å². The minimum absolute atomic E-state index is 0.0649. The van der Waals surface area contributed by atoms with E-state index in [2.05, 4.69) is 15.5 Å². The summed E-state index contributed by atoms with van der Waals surface area (Å²) >= 11 is 0. The maximum Gasteiger partial charge on any atom is 0.233 e.